The number of ether oxygens (including phenoxy) is 2. The molecule has 1 fully saturated rings. The van der Waals surface area contributed by atoms with E-state index in [0.29, 0.717) is 28.8 Å². The summed E-state index contributed by atoms with van der Waals surface area (Å²) in [5, 5.41) is 8.81. The van der Waals surface area contributed by atoms with E-state index in [9.17, 15) is 9.18 Å². The topological polar surface area (TPSA) is 82.0 Å². The molecule has 7 nitrogen and oxygen atoms in total. The molecule has 0 amide bonds. The van der Waals surface area contributed by atoms with Crippen molar-refractivity contribution in [3.63, 3.8) is 0 Å². The Bertz CT molecular complexity index is 1230. The summed E-state index contributed by atoms with van der Waals surface area (Å²) in [6.45, 7) is 1.34. The fourth-order valence-corrected chi connectivity index (χ4v) is 3.36. The van der Waals surface area contributed by atoms with E-state index in [2.05, 4.69) is 15.3 Å². The van der Waals surface area contributed by atoms with Crippen molar-refractivity contribution in [3.05, 3.63) is 70.9 Å². The van der Waals surface area contributed by atoms with E-state index in [0.717, 1.165) is 24.5 Å². The van der Waals surface area contributed by atoms with Crippen LogP contribution in [0.1, 0.15) is 6.42 Å². The summed E-state index contributed by atoms with van der Waals surface area (Å²) in [5.74, 6) is 0.392. The van der Waals surface area contributed by atoms with Crippen molar-refractivity contribution in [3.8, 4) is 22.7 Å². The molecule has 3 heterocycles. The SMILES string of the molecule is O=c1[nH]c2ccc(F)cc2cc1-c1cn(-c2ccc(OC3CCOC3)cc2)nn1. The molecule has 1 aliphatic heterocycles. The first-order valence-corrected chi connectivity index (χ1v) is 9.26. The van der Waals surface area contributed by atoms with E-state index in [-0.39, 0.29) is 17.5 Å². The molecule has 1 atom stereocenters. The summed E-state index contributed by atoms with van der Waals surface area (Å²) in [7, 11) is 0. The number of nitrogens with one attached hydrogen (secondary N) is 1. The minimum atomic E-state index is -0.370. The monoisotopic (exact) mass is 392 g/mol. The van der Waals surface area contributed by atoms with Gasteiger partial charge in [0.05, 0.1) is 30.7 Å². The number of pyridine rings is 1. The molecule has 5 rings (SSSR count). The molecule has 8 heteroatoms. The van der Waals surface area contributed by atoms with E-state index >= 15 is 0 Å². The molecule has 0 aliphatic carbocycles. The number of nitrogens with zero attached hydrogens (tertiary/aromatic N) is 3. The third-order valence-electron chi connectivity index (χ3n) is 4.87. The number of rotatable bonds is 4. The molecule has 0 spiro atoms. The maximum Gasteiger partial charge on any atom is 0.258 e. The van der Waals surface area contributed by atoms with E-state index in [1.165, 1.54) is 18.2 Å². The highest BCUT2D eigenvalue weighted by Gasteiger charge is 2.17. The zero-order chi connectivity index (χ0) is 19.8. The van der Waals surface area contributed by atoms with Crippen molar-refractivity contribution in [1.82, 2.24) is 20.0 Å². The fourth-order valence-electron chi connectivity index (χ4n) is 3.36. The first-order valence-electron chi connectivity index (χ1n) is 9.26. The molecular formula is C21H17FN4O3. The van der Waals surface area contributed by atoms with Crippen LogP contribution >= 0.6 is 0 Å². The average Bonchev–Trinajstić information content (AvgIpc) is 3.41. The number of aromatic amines is 1. The maximum atomic E-state index is 13.5. The number of fused-ring (bicyclic) bond motifs is 1. The van der Waals surface area contributed by atoms with Crippen molar-refractivity contribution in [2.45, 2.75) is 12.5 Å². The van der Waals surface area contributed by atoms with Crippen LogP contribution in [0.4, 0.5) is 4.39 Å². The smallest absolute Gasteiger partial charge is 0.258 e. The van der Waals surface area contributed by atoms with E-state index in [1.807, 2.05) is 24.3 Å². The molecule has 29 heavy (non-hydrogen) atoms. The molecule has 0 radical (unpaired) electrons. The average molecular weight is 392 g/mol. The second kappa shape index (κ2) is 7.14. The lowest BCUT2D eigenvalue weighted by Crippen LogP contribution is -2.15. The van der Waals surface area contributed by atoms with Crippen LogP contribution in [-0.4, -0.2) is 39.3 Å². The minimum absolute atomic E-state index is 0.0864. The van der Waals surface area contributed by atoms with Gasteiger partial charge in [-0.3, -0.25) is 4.79 Å². The number of halogens is 1. The Morgan fingerprint density at radius 1 is 1.17 bits per heavy atom. The zero-order valence-corrected chi connectivity index (χ0v) is 15.3. The van der Waals surface area contributed by atoms with Gasteiger partial charge in [-0.2, -0.15) is 0 Å². The Hall–Kier alpha value is -3.52. The van der Waals surface area contributed by atoms with Crippen LogP contribution < -0.4 is 10.3 Å². The van der Waals surface area contributed by atoms with Crippen LogP contribution in [0.2, 0.25) is 0 Å². The summed E-state index contributed by atoms with van der Waals surface area (Å²) >= 11 is 0. The highest BCUT2D eigenvalue weighted by Crippen LogP contribution is 2.22. The van der Waals surface area contributed by atoms with Crippen LogP contribution in [0.25, 0.3) is 27.8 Å². The Balaban J connectivity index is 1.42. The Labute approximate surface area is 164 Å². The van der Waals surface area contributed by atoms with Crippen molar-refractivity contribution in [1.29, 1.82) is 0 Å². The lowest BCUT2D eigenvalue weighted by Gasteiger charge is -2.11. The van der Waals surface area contributed by atoms with Gasteiger partial charge in [0, 0.05) is 17.3 Å². The summed E-state index contributed by atoms with van der Waals surface area (Å²) in [5.41, 5.74) is 1.77. The summed E-state index contributed by atoms with van der Waals surface area (Å²) in [6.07, 6.45) is 2.64. The van der Waals surface area contributed by atoms with Gasteiger partial charge in [0.1, 0.15) is 23.4 Å². The molecule has 1 unspecified atom stereocenters. The lowest BCUT2D eigenvalue weighted by molar-refractivity contribution is 0.141. The molecule has 0 bridgehead atoms. The molecular weight excluding hydrogens is 375 g/mol. The zero-order valence-electron chi connectivity index (χ0n) is 15.3. The number of H-pyrrole nitrogens is 1. The van der Waals surface area contributed by atoms with Gasteiger partial charge in [-0.15, -0.1) is 5.10 Å². The van der Waals surface area contributed by atoms with Crippen molar-refractivity contribution >= 4 is 10.9 Å². The van der Waals surface area contributed by atoms with Gasteiger partial charge in [-0.25, -0.2) is 9.07 Å². The van der Waals surface area contributed by atoms with Gasteiger partial charge in [0.15, 0.2) is 0 Å². The van der Waals surface area contributed by atoms with Crippen LogP contribution in [0.3, 0.4) is 0 Å². The molecule has 146 valence electrons. The predicted molar refractivity (Wildman–Crippen MR) is 105 cm³/mol. The summed E-state index contributed by atoms with van der Waals surface area (Å²) in [4.78, 5) is 15.2. The minimum Gasteiger partial charge on any atom is -0.488 e. The second-order valence-electron chi connectivity index (χ2n) is 6.89. The predicted octanol–water partition coefficient (Wildman–Crippen LogP) is 3.08. The Morgan fingerprint density at radius 3 is 2.83 bits per heavy atom. The van der Waals surface area contributed by atoms with Gasteiger partial charge in [0.25, 0.3) is 5.56 Å². The number of aromatic nitrogens is 4. The highest BCUT2D eigenvalue weighted by atomic mass is 19.1. The Morgan fingerprint density at radius 2 is 2.03 bits per heavy atom. The van der Waals surface area contributed by atoms with Crippen molar-refractivity contribution < 1.29 is 13.9 Å². The molecule has 2 aromatic heterocycles. The molecule has 2 aromatic carbocycles. The number of hydrogen-bond acceptors (Lipinski definition) is 5. The fraction of sp³-hybridized carbons (Fsp3) is 0.190. The van der Waals surface area contributed by atoms with Gasteiger partial charge < -0.3 is 14.5 Å². The molecule has 0 saturated carbocycles. The van der Waals surface area contributed by atoms with Crippen molar-refractivity contribution in [2.24, 2.45) is 0 Å². The maximum absolute atomic E-state index is 13.5. The van der Waals surface area contributed by atoms with Gasteiger partial charge >= 0.3 is 0 Å². The van der Waals surface area contributed by atoms with E-state index in [1.54, 1.807) is 16.9 Å². The first-order chi connectivity index (χ1) is 14.2. The molecule has 1 saturated heterocycles. The van der Waals surface area contributed by atoms with Gasteiger partial charge in [0.2, 0.25) is 0 Å². The highest BCUT2D eigenvalue weighted by molar-refractivity contribution is 5.82. The molecule has 1 N–H and O–H groups in total. The quantitative estimate of drug-likeness (QED) is 0.577. The largest absolute Gasteiger partial charge is 0.488 e. The first kappa shape index (κ1) is 17.6. The summed E-state index contributed by atoms with van der Waals surface area (Å²) in [6, 6.07) is 13.3. The number of hydrogen-bond donors (Lipinski definition) is 1. The lowest BCUT2D eigenvalue weighted by atomic mass is 10.1. The van der Waals surface area contributed by atoms with Gasteiger partial charge in [-0.05, 0) is 48.5 Å². The summed E-state index contributed by atoms with van der Waals surface area (Å²) < 4.78 is 26.3. The molecule has 4 aromatic rings. The van der Waals surface area contributed by atoms with Crippen LogP contribution in [-0.2, 0) is 4.74 Å². The van der Waals surface area contributed by atoms with Gasteiger partial charge in [-0.1, -0.05) is 5.21 Å². The van der Waals surface area contributed by atoms with Crippen LogP contribution in [0.5, 0.6) is 5.75 Å². The van der Waals surface area contributed by atoms with Crippen molar-refractivity contribution in [2.75, 3.05) is 13.2 Å². The number of benzene rings is 2. The van der Waals surface area contributed by atoms with Crippen LogP contribution in [0.15, 0.2) is 59.5 Å². The van der Waals surface area contributed by atoms with Crippen LogP contribution in [0, 0.1) is 5.82 Å². The Kier molecular flexibility index (Phi) is 4.33. The normalized spacial score (nSPS) is 16.4. The molecule has 1 aliphatic rings. The third-order valence-corrected chi connectivity index (χ3v) is 4.87. The standard InChI is InChI=1S/C21H17FN4O3/c22-14-1-6-19-13(9-14)10-18(21(27)23-19)20-11-26(25-24-20)15-2-4-16(5-3-15)29-17-7-8-28-12-17/h1-6,9-11,17H,7-8,12H2,(H,23,27). The van der Waals surface area contributed by atoms with E-state index < -0.39 is 0 Å². The second-order valence-corrected chi connectivity index (χ2v) is 6.89. The van der Waals surface area contributed by atoms with E-state index in [4.69, 9.17) is 9.47 Å². The third kappa shape index (κ3) is 3.50.